The summed E-state index contributed by atoms with van der Waals surface area (Å²) in [5.41, 5.74) is -0.903. The Hall–Kier alpha value is -3.07. The van der Waals surface area contributed by atoms with Gasteiger partial charge in [-0.25, -0.2) is 4.98 Å². The molecule has 1 unspecified atom stereocenters. The van der Waals surface area contributed by atoms with E-state index in [2.05, 4.69) is 18.8 Å². The Kier molecular flexibility index (Phi) is 9.77. The number of aryl methyl sites for hydroxylation is 1. The zero-order chi connectivity index (χ0) is 28.1. The molecule has 1 heterocycles. The lowest BCUT2D eigenvalue weighted by atomic mass is 9.94. The normalized spacial score (nSPS) is 12.4. The van der Waals surface area contributed by atoms with Gasteiger partial charge < -0.3 is 4.90 Å². The second kappa shape index (κ2) is 12.0. The Bertz CT molecular complexity index is 1210. The molecule has 0 saturated carbocycles. The van der Waals surface area contributed by atoms with E-state index in [-0.39, 0.29) is 11.2 Å². The van der Waals surface area contributed by atoms with Crippen LogP contribution in [0, 0.1) is 6.92 Å². The average Bonchev–Trinajstić information content (AvgIpc) is 2.82. The fourth-order valence-corrected chi connectivity index (χ4v) is 3.72. The van der Waals surface area contributed by atoms with E-state index >= 15 is 0 Å². The van der Waals surface area contributed by atoms with Gasteiger partial charge in [0.2, 0.25) is 5.91 Å². The van der Waals surface area contributed by atoms with Crippen LogP contribution in [-0.4, -0.2) is 17.9 Å². The van der Waals surface area contributed by atoms with E-state index in [0.29, 0.717) is 23.4 Å². The van der Waals surface area contributed by atoms with Gasteiger partial charge in [-0.3, -0.25) is 4.79 Å². The maximum absolute atomic E-state index is 13.3. The number of carbonyl (C=O) groups excluding carboxylic acids is 1. The number of rotatable bonds is 4. The molecule has 2 aromatic carbocycles. The molecule has 3 rings (SSSR count). The molecule has 200 valence electrons. The number of hydrogen-bond acceptors (Lipinski definition) is 2. The van der Waals surface area contributed by atoms with Crippen molar-refractivity contribution < 1.29 is 31.1 Å². The molecule has 0 fully saturated rings. The van der Waals surface area contributed by atoms with Crippen molar-refractivity contribution in [1.82, 2.24) is 4.98 Å². The summed E-state index contributed by atoms with van der Waals surface area (Å²) in [5, 5.41) is 0.156. The second-order valence-electron chi connectivity index (χ2n) is 8.50. The van der Waals surface area contributed by atoms with Crippen LogP contribution in [0.1, 0.15) is 55.4 Å². The molecule has 3 aromatic rings. The van der Waals surface area contributed by atoms with Crippen LogP contribution in [0.4, 0.5) is 32.0 Å². The molecule has 0 bridgehead atoms. The minimum absolute atomic E-state index is 0.0316. The number of carbonyl (C=O) groups is 1. The highest BCUT2D eigenvalue weighted by Crippen LogP contribution is 2.39. The Balaban J connectivity index is 0.00000153. The van der Waals surface area contributed by atoms with E-state index in [1.807, 2.05) is 19.1 Å². The van der Waals surface area contributed by atoms with Crippen LogP contribution in [0.2, 0.25) is 5.15 Å². The Morgan fingerprint density at radius 2 is 1.46 bits per heavy atom. The first kappa shape index (κ1) is 30.2. The molecule has 10 heteroatoms. The summed E-state index contributed by atoms with van der Waals surface area (Å²) in [4.78, 5) is 18.4. The minimum atomic E-state index is -5.01. The van der Waals surface area contributed by atoms with E-state index in [1.165, 1.54) is 26.6 Å². The molecule has 0 aliphatic heterocycles. The summed E-state index contributed by atoms with van der Waals surface area (Å²) in [6.07, 6.45) is -7.44. The third-order valence-electron chi connectivity index (χ3n) is 5.46. The van der Waals surface area contributed by atoms with Crippen LogP contribution in [-0.2, 0) is 17.1 Å². The van der Waals surface area contributed by atoms with Gasteiger partial charge in [-0.15, -0.1) is 0 Å². The number of aromatic nitrogens is 1. The van der Waals surface area contributed by atoms with Crippen molar-refractivity contribution in [3.63, 3.8) is 0 Å². The van der Waals surface area contributed by atoms with E-state index in [4.69, 9.17) is 11.6 Å². The van der Waals surface area contributed by atoms with Crippen LogP contribution in [0.15, 0.2) is 54.7 Å². The van der Waals surface area contributed by atoms with Gasteiger partial charge >= 0.3 is 12.4 Å². The third-order valence-corrected chi connectivity index (χ3v) is 5.66. The Morgan fingerprint density at radius 1 is 0.946 bits per heavy atom. The lowest BCUT2D eigenvalue weighted by molar-refractivity contribution is -0.143. The van der Waals surface area contributed by atoms with Gasteiger partial charge in [-0.2, -0.15) is 26.3 Å². The smallest absolute Gasteiger partial charge is 0.313 e. The van der Waals surface area contributed by atoms with Crippen molar-refractivity contribution in [2.24, 2.45) is 0 Å². The van der Waals surface area contributed by atoms with Gasteiger partial charge in [0.05, 0.1) is 28.9 Å². The molecule has 0 aliphatic rings. The SMILES string of the molecule is CCC.Cc1ccccc1-c1cc(Cl)ncc1N(C)C(=O)C(C)c1cc(C(F)(F)F)cc(C(F)(F)F)c1. The van der Waals surface area contributed by atoms with Crippen LogP contribution in [0.5, 0.6) is 0 Å². The number of anilines is 1. The first-order valence-corrected chi connectivity index (χ1v) is 11.8. The van der Waals surface area contributed by atoms with Gasteiger partial charge in [-0.05, 0) is 54.8 Å². The van der Waals surface area contributed by atoms with Crippen molar-refractivity contribution in [2.75, 3.05) is 11.9 Å². The van der Waals surface area contributed by atoms with Gasteiger partial charge in [0, 0.05) is 12.6 Å². The van der Waals surface area contributed by atoms with E-state index in [1.54, 1.807) is 18.2 Å². The van der Waals surface area contributed by atoms with Crippen molar-refractivity contribution >= 4 is 23.2 Å². The number of hydrogen-bond donors (Lipinski definition) is 0. The van der Waals surface area contributed by atoms with E-state index in [0.717, 1.165) is 16.0 Å². The Morgan fingerprint density at radius 3 is 1.95 bits per heavy atom. The van der Waals surface area contributed by atoms with Gasteiger partial charge in [-0.1, -0.05) is 56.1 Å². The Labute approximate surface area is 217 Å². The third kappa shape index (κ3) is 7.47. The number of halogens is 7. The maximum Gasteiger partial charge on any atom is 0.416 e. The van der Waals surface area contributed by atoms with E-state index < -0.39 is 40.9 Å². The quantitative estimate of drug-likeness (QED) is 0.243. The number of nitrogens with zero attached hydrogens (tertiary/aromatic N) is 2. The predicted molar refractivity (Wildman–Crippen MR) is 134 cm³/mol. The van der Waals surface area contributed by atoms with Crippen molar-refractivity contribution in [3.05, 3.63) is 82.1 Å². The van der Waals surface area contributed by atoms with Crippen molar-refractivity contribution in [3.8, 4) is 11.1 Å². The molecule has 0 saturated heterocycles. The number of likely N-dealkylation sites (N-methyl/N-ethyl adjacent to an activating group) is 1. The molecule has 0 spiro atoms. The first-order chi connectivity index (χ1) is 17.1. The molecule has 1 aromatic heterocycles. The highest BCUT2D eigenvalue weighted by Gasteiger charge is 2.38. The van der Waals surface area contributed by atoms with Crippen molar-refractivity contribution in [2.45, 2.75) is 52.4 Å². The summed E-state index contributed by atoms with van der Waals surface area (Å²) >= 11 is 6.05. The van der Waals surface area contributed by atoms with Gasteiger partial charge in [0.1, 0.15) is 5.15 Å². The number of pyridine rings is 1. The zero-order valence-electron chi connectivity index (χ0n) is 20.9. The number of benzene rings is 2. The fourth-order valence-electron chi connectivity index (χ4n) is 3.56. The molecule has 3 nitrogen and oxygen atoms in total. The summed E-state index contributed by atoms with van der Waals surface area (Å²) in [7, 11) is 1.38. The second-order valence-corrected chi connectivity index (χ2v) is 8.89. The summed E-state index contributed by atoms with van der Waals surface area (Å²) in [5.74, 6) is -2.03. The van der Waals surface area contributed by atoms with Crippen LogP contribution < -0.4 is 4.90 Å². The molecule has 0 radical (unpaired) electrons. The highest BCUT2D eigenvalue weighted by atomic mass is 35.5. The summed E-state index contributed by atoms with van der Waals surface area (Å²) < 4.78 is 79.5. The first-order valence-electron chi connectivity index (χ1n) is 11.4. The molecule has 0 aliphatic carbocycles. The number of amides is 1. The standard InChI is InChI=1S/C24H19ClF6N2O.C3H8/c1-13-6-4-5-7-18(13)19-11-21(25)32-12-20(19)33(3)22(34)14(2)15-8-16(23(26,27)28)10-17(9-15)24(29,30)31;1-3-2/h4-12,14H,1-3H3;3H2,1-2H3. The molecule has 1 atom stereocenters. The van der Waals surface area contributed by atoms with Gasteiger partial charge in [0.15, 0.2) is 0 Å². The maximum atomic E-state index is 13.3. The molecule has 37 heavy (non-hydrogen) atoms. The molecule has 0 N–H and O–H groups in total. The molecule has 1 amide bonds. The van der Waals surface area contributed by atoms with Crippen LogP contribution in [0.25, 0.3) is 11.1 Å². The fraction of sp³-hybridized carbons (Fsp3) is 0.333. The van der Waals surface area contributed by atoms with Crippen molar-refractivity contribution in [1.29, 1.82) is 0 Å². The average molecular weight is 545 g/mol. The van der Waals surface area contributed by atoms with Gasteiger partial charge in [0.25, 0.3) is 0 Å². The largest absolute Gasteiger partial charge is 0.416 e. The molecular formula is C27H27ClF6N2O. The lowest BCUT2D eigenvalue weighted by Gasteiger charge is -2.25. The summed E-state index contributed by atoms with van der Waals surface area (Å²) in [6.45, 7) is 7.35. The monoisotopic (exact) mass is 544 g/mol. The summed E-state index contributed by atoms with van der Waals surface area (Å²) in [6, 6.07) is 9.95. The lowest BCUT2D eigenvalue weighted by Crippen LogP contribution is -2.31. The van der Waals surface area contributed by atoms with Crippen LogP contribution >= 0.6 is 11.6 Å². The van der Waals surface area contributed by atoms with Crippen LogP contribution in [0.3, 0.4) is 0 Å². The highest BCUT2D eigenvalue weighted by molar-refractivity contribution is 6.29. The topological polar surface area (TPSA) is 33.2 Å². The molecular weight excluding hydrogens is 518 g/mol. The minimum Gasteiger partial charge on any atom is -0.313 e. The van der Waals surface area contributed by atoms with E-state index in [9.17, 15) is 31.1 Å². The number of alkyl halides is 6. The zero-order valence-corrected chi connectivity index (χ0v) is 21.7. The predicted octanol–water partition coefficient (Wildman–Crippen LogP) is 8.93.